The van der Waals surface area contributed by atoms with Gasteiger partial charge >= 0.3 is 6.68 Å². The molecule has 0 amide bonds. The highest BCUT2D eigenvalue weighted by Crippen LogP contribution is 2.55. The van der Waals surface area contributed by atoms with E-state index in [9.17, 15) is 18.0 Å². The van der Waals surface area contributed by atoms with Gasteiger partial charge in [-0.05, 0) is 43.4 Å². The van der Waals surface area contributed by atoms with Gasteiger partial charge in [-0.2, -0.15) is 26.7 Å². The number of carbonyl (C=O) groups excluding carboxylic acids is 1. The molecule has 0 aromatic rings. The van der Waals surface area contributed by atoms with E-state index in [-0.39, 0.29) is 13.5 Å². The summed E-state index contributed by atoms with van der Waals surface area (Å²) in [5.74, 6) is 1.76. The van der Waals surface area contributed by atoms with Crippen LogP contribution >= 0.6 is 13.5 Å². The fraction of sp³-hybridized carbons (Fsp3) is 0.786. The van der Waals surface area contributed by atoms with Gasteiger partial charge in [0.05, 0.1) is 0 Å². The minimum Gasteiger partial charge on any atom is -0.299 e. The van der Waals surface area contributed by atoms with E-state index in [2.05, 4.69) is 12.2 Å². The molecule has 2 saturated carbocycles. The monoisotopic (exact) mass is 294 g/mol. The average Bonchev–Trinajstić information content (AvgIpc) is 2.89. The van der Waals surface area contributed by atoms with Crippen LogP contribution in [0, 0.1) is 17.3 Å². The van der Waals surface area contributed by atoms with E-state index in [1.807, 2.05) is 0 Å². The standard InChI is InChI=1S/C13H18O.CHF3.H2S/c14-12-4-2-1-3-11(12)13-7-5-10(9-13)6-8-13;2-1(3)4;/h5,7,10-11H,1-4,6,8-9H2;1H;1H2. The maximum Gasteiger partial charge on any atom is 0.379 e. The fourth-order valence-corrected chi connectivity index (χ4v) is 3.81. The minimum absolute atomic E-state index is 0. The lowest BCUT2D eigenvalue weighted by Gasteiger charge is -2.35. The van der Waals surface area contributed by atoms with Crippen molar-refractivity contribution in [2.24, 2.45) is 17.3 Å². The van der Waals surface area contributed by atoms with Gasteiger partial charge in [0.2, 0.25) is 0 Å². The van der Waals surface area contributed by atoms with Crippen molar-refractivity contribution in [1.29, 1.82) is 0 Å². The Bertz CT molecular complexity index is 343. The lowest BCUT2D eigenvalue weighted by Crippen LogP contribution is -2.33. The van der Waals surface area contributed by atoms with Crippen molar-refractivity contribution in [2.45, 2.75) is 51.6 Å². The molecule has 2 fully saturated rings. The van der Waals surface area contributed by atoms with Gasteiger partial charge in [-0.1, -0.05) is 18.6 Å². The van der Waals surface area contributed by atoms with Crippen LogP contribution in [0.25, 0.3) is 0 Å². The second kappa shape index (κ2) is 6.82. The molecule has 3 aliphatic rings. The summed E-state index contributed by atoms with van der Waals surface area (Å²) in [5.41, 5.74) is 0.322. The van der Waals surface area contributed by atoms with Gasteiger partial charge < -0.3 is 0 Å². The number of halogens is 3. The molecule has 0 saturated heterocycles. The van der Waals surface area contributed by atoms with E-state index in [1.54, 1.807) is 0 Å². The Kier molecular flexibility index (Phi) is 5.96. The summed E-state index contributed by atoms with van der Waals surface area (Å²) >= 11 is 0. The van der Waals surface area contributed by atoms with Crippen LogP contribution < -0.4 is 0 Å². The number of carbonyl (C=O) groups is 1. The molecule has 110 valence electrons. The smallest absolute Gasteiger partial charge is 0.299 e. The summed E-state index contributed by atoms with van der Waals surface area (Å²) in [6.07, 6.45) is 13.1. The number of rotatable bonds is 1. The van der Waals surface area contributed by atoms with E-state index in [0.29, 0.717) is 17.1 Å². The highest BCUT2D eigenvalue weighted by Gasteiger charge is 2.48. The van der Waals surface area contributed by atoms with Crippen LogP contribution in [-0.2, 0) is 4.79 Å². The first-order valence-electron chi connectivity index (χ1n) is 6.68. The number of hydrogen-bond donors (Lipinski definition) is 0. The lowest BCUT2D eigenvalue weighted by molar-refractivity contribution is -0.128. The zero-order valence-corrected chi connectivity index (χ0v) is 11.9. The van der Waals surface area contributed by atoms with Gasteiger partial charge in [-0.3, -0.25) is 4.79 Å². The zero-order valence-electron chi connectivity index (χ0n) is 10.9. The lowest BCUT2D eigenvalue weighted by atomic mass is 9.68. The van der Waals surface area contributed by atoms with Crippen LogP contribution in [0.4, 0.5) is 13.2 Å². The zero-order chi connectivity index (χ0) is 13.2. The molecule has 1 nitrogen and oxygen atoms in total. The molecular weight excluding hydrogens is 273 g/mol. The Hall–Kier alpha value is -0.450. The number of hydrogen-bond acceptors (Lipinski definition) is 1. The van der Waals surface area contributed by atoms with Gasteiger partial charge in [0.1, 0.15) is 5.78 Å². The van der Waals surface area contributed by atoms with Gasteiger partial charge in [-0.15, -0.1) is 0 Å². The third-order valence-electron chi connectivity index (χ3n) is 4.57. The summed E-state index contributed by atoms with van der Waals surface area (Å²) < 4.78 is 29.0. The third kappa shape index (κ3) is 3.77. The molecule has 0 radical (unpaired) electrons. The SMILES string of the molecule is FC(F)F.O=C1CCCCC1C12C=CC(CC1)C2.S. The number of alkyl halides is 3. The van der Waals surface area contributed by atoms with Gasteiger partial charge in [-0.25, -0.2) is 0 Å². The van der Waals surface area contributed by atoms with E-state index in [4.69, 9.17) is 0 Å². The van der Waals surface area contributed by atoms with Crippen LogP contribution in [0.2, 0.25) is 0 Å². The topological polar surface area (TPSA) is 17.1 Å². The van der Waals surface area contributed by atoms with E-state index >= 15 is 0 Å². The summed E-state index contributed by atoms with van der Waals surface area (Å²) in [6.45, 7) is -3.67. The first-order valence-corrected chi connectivity index (χ1v) is 6.68. The van der Waals surface area contributed by atoms with Crippen LogP contribution in [0.15, 0.2) is 12.2 Å². The molecule has 3 aliphatic carbocycles. The van der Waals surface area contributed by atoms with Gasteiger partial charge in [0.25, 0.3) is 0 Å². The summed E-state index contributed by atoms with van der Waals surface area (Å²) in [5, 5.41) is 0. The van der Waals surface area contributed by atoms with Crippen LogP contribution in [0.1, 0.15) is 44.9 Å². The largest absolute Gasteiger partial charge is 0.379 e. The molecular formula is C14H21F3OS. The summed E-state index contributed by atoms with van der Waals surface area (Å²) in [4.78, 5) is 11.9. The molecule has 2 bridgehead atoms. The molecule has 3 rings (SSSR count). The highest BCUT2D eigenvalue weighted by atomic mass is 32.1. The molecule has 0 aromatic heterocycles. The quantitative estimate of drug-likeness (QED) is 0.655. The normalized spacial score (nSPS) is 35.9. The van der Waals surface area contributed by atoms with Crippen LogP contribution in [-0.4, -0.2) is 12.5 Å². The summed E-state index contributed by atoms with van der Waals surface area (Å²) in [7, 11) is 0. The Morgan fingerprint density at radius 2 is 1.89 bits per heavy atom. The maximum absolute atomic E-state index is 11.9. The Morgan fingerprint density at radius 3 is 2.32 bits per heavy atom. The van der Waals surface area contributed by atoms with Crippen molar-refractivity contribution in [1.82, 2.24) is 0 Å². The molecule has 0 spiro atoms. The fourth-order valence-electron chi connectivity index (χ4n) is 3.81. The molecule has 0 aromatic carbocycles. The number of allylic oxidation sites excluding steroid dienone is 2. The van der Waals surface area contributed by atoms with Crippen LogP contribution in [0.5, 0.6) is 0 Å². The molecule has 5 heteroatoms. The van der Waals surface area contributed by atoms with E-state index < -0.39 is 6.68 Å². The number of ketones is 1. The number of fused-ring (bicyclic) bond motifs is 2. The van der Waals surface area contributed by atoms with Crippen molar-refractivity contribution in [2.75, 3.05) is 0 Å². The van der Waals surface area contributed by atoms with Gasteiger partial charge in [0.15, 0.2) is 0 Å². The molecule has 19 heavy (non-hydrogen) atoms. The van der Waals surface area contributed by atoms with Crippen molar-refractivity contribution in [3.63, 3.8) is 0 Å². The Labute approximate surface area is 119 Å². The molecule has 3 atom stereocenters. The van der Waals surface area contributed by atoms with Crippen molar-refractivity contribution < 1.29 is 18.0 Å². The maximum atomic E-state index is 11.9. The average molecular weight is 294 g/mol. The van der Waals surface area contributed by atoms with Crippen molar-refractivity contribution in [3.8, 4) is 0 Å². The van der Waals surface area contributed by atoms with Crippen LogP contribution in [0.3, 0.4) is 0 Å². The second-order valence-corrected chi connectivity index (χ2v) is 5.61. The molecule has 0 heterocycles. The molecule has 0 N–H and O–H groups in total. The Balaban J connectivity index is 0.000000323. The van der Waals surface area contributed by atoms with Crippen molar-refractivity contribution >= 4 is 19.3 Å². The van der Waals surface area contributed by atoms with E-state index in [1.165, 1.54) is 25.7 Å². The first kappa shape index (κ1) is 16.6. The Morgan fingerprint density at radius 1 is 1.21 bits per heavy atom. The van der Waals surface area contributed by atoms with Crippen molar-refractivity contribution in [3.05, 3.63) is 12.2 Å². The predicted molar refractivity (Wildman–Crippen MR) is 73.4 cm³/mol. The van der Waals surface area contributed by atoms with E-state index in [0.717, 1.165) is 25.2 Å². The minimum atomic E-state index is -3.67. The highest BCUT2D eigenvalue weighted by molar-refractivity contribution is 7.59. The second-order valence-electron chi connectivity index (χ2n) is 5.61. The first-order chi connectivity index (χ1) is 8.53. The molecule has 0 aliphatic heterocycles. The number of Topliss-reactive ketones (excluding diaryl/α,β-unsaturated/α-hetero) is 1. The predicted octanol–water partition coefficient (Wildman–Crippen LogP) is 4.39. The van der Waals surface area contributed by atoms with Gasteiger partial charge in [0, 0.05) is 12.3 Å². The summed E-state index contributed by atoms with van der Waals surface area (Å²) in [6, 6.07) is 0. The molecule has 3 unspecified atom stereocenters. The third-order valence-corrected chi connectivity index (χ3v) is 4.57.